The molecule has 0 fully saturated rings. The maximum atomic E-state index is 12.4. The molecule has 0 radical (unpaired) electrons. The van der Waals surface area contributed by atoms with Crippen LogP contribution in [-0.2, 0) is 14.3 Å². The largest absolute Gasteiger partial charge is 0.466 e. The molecule has 6 nitrogen and oxygen atoms in total. The first-order chi connectivity index (χ1) is 30.0. The third kappa shape index (κ3) is 47.1. The van der Waals surface area contributed by atoms with Crippen LogP contribution in [0.2, 0.25) is 0 Å². The van der Waals surface area contributed by atoms with Gasteiger partial charge in [-0.3, -0.25) is 9.59 Å². The number of aliphatic hydroxyl groups is 2. The second-order valence-corrected chi connectivity index (χ2v) is 17.9. The number of ether oxygens (including phenoxy) is 1. The molecule has 6 heteroatoms. The van der Waals surface area contributed by atoms with Crippen molar-refractivity contribution in [2.24, 2.45) is 0 Å². The van der Waals surface area contributed by atoms with Crippen molar-refractivity contribution in [1.82, 2.24) is 5.32 Å². The third-order valence-corrected chi connectivity index (χ3v) is 11.8. The van der Waals surface area contributed by atoms with Crippen molar-refractivity contribution in [1.29, 1.82) is 0 Å². The molecule has 0 heterocycles. The molecule has 2 unspecified atom stereocenters. The number of hydrogen-bond acceptors (Lipinski definition) is 5. The van der Waals surface area contributed by atoms with Crippen molar-refractivity contribution in [3.63, 3.8) is 0 Å². The van der Waals surface area contributed by atoms with E-state index in [2.05, 4.69) is 55.6 Å². The Balaban J connectivity index is 3.57. The van der Waals surface area contributed by atoms with Crippen LogP contribution in [0, 0.1) is 0 Å². The Hall–Kier alpha value is -2.18. The number of nitrogens with one attached hydrogen (secondary N) is 1. The Morgan fingerprint density at radius 3 is 1.26 bits per heavy atom. The summed E-state index contributed by atoms with van der Waals surface area (Å²) in [5.41, 5.74) is 0. The maximum Gasteiger partial charge on any atom is 0.305 e. The van der Waals surface area contributed by atoms with Crippen LogP contribution >= 0.6 is 0 Å². The highest BCUT2D eigenvalue weighted by atomic mass is 16.5. The Kier molecular flexibility index (Phi) is 48.7. The molecule has 2 atom stereocenters. The molecule has 0 aromatic rings. The lowest BCUT2D eigenvalue weighted by atomic mass is 10.0. The van der Waals surface area contributed by atoms with Crippen LogP contribution in [0.15, 0.2) is 48.6 Å². The Morgan fingerprint density at radius 2 is 0.820 bits per heavy atom. The molecule has 356 valence electrons. The molecule has 0 aromatic heterocycles. The summed E-state index contributed by atoms with van der Waals surface area (Å²) in [6, 6.07) is -0.645. The molecule has 3 N–H and O–H groups in total. The van der Waals surface area contributed by atoms with E-state index >= 15 is 0 Å². The first kappa shape index (κ1) is 58.8. The van der Waals surface area contributed by atoms with Crippen LogP contribution in [0.25, 0.3) is 0 Å². The number of aliphatic hydroxyl groups excluding tert-OH is 2. The molecule has 0 saturated carbocycles. The molecular formula is C55H101NO5. The van der Waals surface area contributed by atoms with Gasteiger partial charge in [-0.25, -0.2) is 0 Å². The molecule has 0 aliphatic carbocycles. The average Bonchev–Trinajstić information content (AvgIpc) is 3.26. The zero-order valence-electron chi connectivity index (χ0n) is 40.4. The predicted molar refractivity (Wildman–Crippen MR) is 264 cm³/mol. The van der Waals surface area contributed by atoms with Gasteiger partial charge in [-0.2, -0.15) is 0 Å². The van der Waals surface area contributed by atoms with Crippen molar-refractivity contribution in [3.8, 4) is 0 Å². The molecule has 0 rings (SSSR count). The van der Waals surface area contributed by atoms with E-state index in [0.29, 0.717) is 19.4 Å². The summed E-state index contributed by atoms with van der Waals surface area (Å²) in [6.07, 6.45) is 62.5. The minimum Gasteiger partial charge on any atom is -0.466 e. The summed E-state index contributed by atoms with van der Waals surface area (Å²) >= 11 is 0. The van der Waals surface area contributed by atoms with Crippen molar-refractivity contribution in [2.45, 2.75) is 276 Å². The fraction of sp³-hybridized carbons (Fsp3) is 0.818. The highest BCUT2D eigenvalue weighted by Crippen LogP contribution is 2.15. The lowest BCUT2D eigenvalue weighted by Gasteiger charge is -2.20. The first-order valence-electron chi connectivity index (χ1n) is 26.4. The zero-order chi connectivity index (χ0) is 44.4. The van der Waals surface area contributed by atoms with Crippen LogP contribution < -0.4 is 5.32 Å². The Labute approximate surface area is 378 Å². The van der Waals surface area contributed by atoms with E-state index in [-0.39, 0.29) is 18.5 Å². The van der Waals surface area contributed by atoms with Gasteiger partial charge in [0.05, 0.1) is 25.4 Å². The summed E-state index contributed by atoms with van der Waals surface area (Å²) in [4.78, 5) is 24.4. The minimum atomic E-state index is -0.859. The number of carbonyl (C=O) groups is 2. The van der Waals surface area contributed by atoms with Gasteiger partial charge in [-0.05, 0) is 89.9 Å². The predicted octanol–water partition coefficient (Wildman–Crippen LogP) is 15.8. The van der Waals surface area contributed by atoms with Crippen molar-refractivity contribution >= 4 is 11.9 Å². The highest BCUT2D eigenvalue weighted by Gasteiger charge is 2.18. The lowest BCUT2D eigenvalue weighted by molar-refractivity contribution is -0.143. The standard InChI is InChI=1S/C55H101NO5/c1-3-5-7-9-11-13-15-17-20-23-27-31-35-39-43-47-53(58)52(51-57)56-54(59)48-44-40-36-32-28-24-21-19-22-26-30-34-38-42-46-50-61-55(60)49-45-41-37-33-29-25-18-16-14-12-10-8-6-4-2/h16,18-19,22,26,30,43,47,52-53,57-58H,3-15,17,20-21,23-25,27-29,31-42,44-46,48-51H2,1-2H3,(H,56,59)/b18-16-,22-19-,30-26-,47-43+. The van der Waals surface area contributed by atoms with Crippen LogP contribution in [0.3, 0.4) is 0 Å². The summed E-state index contributed by atoms with van der Waals surface area (Å²) in [5.74, 6) is -0.124. The molecule has 0 bridgehead atoms. The number of amides is 1. The van der Waals surface area contributed by atoms with Crippen molar-refractivity contribution in [2.75, 3.05) is 13.2 Å². The number of allylic oxidation sites excluding steroid dienone is 7. The van der Waals surface area contributed by atoms with Crippen LogP contribution in [0.5, 0.6) is 0 Å². The summed E-state index contributed by atoms with van der Waals surface area (Å²) in [5, 5.41) is 23.0. The minimum absolute atomic E-state index is 0.0322. The molecular weight excluding hydrogens is 755 g/mol. The van der Waals surface area contributed by atoms with Gasteiger partial charge in [0.25, 0.3) is 0 Å². The van der Waals surface area contributed by atoms with Crippen LogP contribution in [0.4, 0.5) is 0 Å². The SMILES string of the molecule is CCCCCCC/C=C\CCCCCCCC(=O)OCCCCC/C=C\C=C/CCCCCCCCC(=O)NC(CO)C(O)/C=C/CCCCCCCCCCCCCCC. The molecule has 0 spiro atoms. The fourth-order valence-corrected chi connectivity index (χ4v) is 7.73. The van der Waals surface area contributed by atoms with E-state index in [0.717, 1.165) is 77.0 Å². The number of rotatable bonds is 48. The smallest absolute Gasteiger partial charge is 0.305 e. The normalized spacial score (nSPS) is 13.0. The third-order valence-electron chi connectivity index (χ3n) is 11.8. The van der Waals surface area contributed by atoms with Crippen LogP contribution in [-0.4, -0.2) is 47.4 Å². The maximum absolute atomic E-state index is 12.4. The van der Waals surface area contributed by atoms with E-state index in [1.54, 1.807) is 6.08 Å². The molecule has 61 heavy (non-hydrogen) atoms. The van der Waals surface area contributed by atoms with Crippen molar-refractivity contribution < 1.29 is 24.5 Å². The summed E-state index contributed by atoms with van der Waals surface area (Å²) in [6.45, 7) is 4.82. The highest BCUT2D eigenvalue weighted by molar-refractivity contribution is 5.76. The van der Waals surface area contributed by atoms with E-state index in [1.165, 1.54) is 161 Å². The van der Waals surface area contributed by atoms with E-state index < -0.39 is 12.1 Å². The molecule has 0 aliphatic heterocycles. The van der Waals surface area contributed by atoms with Gasteiger partial charge >= 0.3 is 5.97 Å². The number of carbonyl (C=O) groups excluding carboxylic acids is 2. The zero-order valence-corrected chi connectivity index (χ0v) is 40.4. The van der Waals surface area contributed by atoms with Gasteiger partial charge in [0.2, 0.25) is 5.91 Å². The first-order valence-corrected chi connectivity index (χ1v) is 26.4. The molecule has 1 amide bonds. The topological polar surface area (TPSA) is 95.9 Å². The summed E-state index contributed by atoms with van der Waals surface area (Å²) in [7, 11) is 0. The van der Waals surface area contributed by atoms with Gasteiger partial charge in [-0.1, -0.05) is 210 Å². The number of esters is 1. The lowest BCUT2D eigenvalue weighted by Crippen LogP contribution is -2.45. The van der Waals surface area contributed by atoms with E-state index in [4.69, 9.17) is 4.74 Å². The van der Waals surface area contributed by atoms with Crippen molar-refractivity contribution in [3.05, 3.63) is 48.6 Å². The number of hydrogen-bond donors (Lipinski definition) is 3. The molecule has 0 aromatic carbocycles. The van der Waals surface area contributed by atoms with Gasteiger partial charge in [0.15, 0.2) is 0 Å². The van der Waals surface area contributed by atoms with E-state index in [1.807, 2.05) is 6.08 Å². The van der Waals surface area contributed by atoms with Crippen LogP contribution in [0.1, 0.15) is 264 Å². The van der Waals surface area contributed by atoms with E-state index in [9.17, 15) is 19.8 Å². The monoisotopic (exact) mass is 856 g/mol. The molecule has 0 saturated heterocycles. The van der Waals surface area contributed by atoms with Gasteiger partial charge in [0, 0.05) is 12.8 Å². The Bertz CT molecular complexity index is 1040. The second kappa shape index (κ2) is 50.5. The van der Waals surface area contributed by atoms with Gasteiger partial charge in [-0.15, -0.1) is 0 Å². The van der Waals surface area contributed by atoms with Gasteiger partial charge < -0.3 is 20.3 Å². The Morgan fingerprint density at radius 1 is 0.459 bits per heavy atom. The quantitative estimate of drug-likeness (QED) is 0.0245. The molecule has 0 aliphatic rings. The summed E-state index contributed by atoms with van der Waals surface area (Å²) < 4.78 is 5.43. The average molecular weight is 856 g/mol. The fourth-order valence-electron chi connectivity index (χ4n) is 7.73. The number of unbranched alkanes of at least 4 members (excludes halogenated alkanes) is 32. The second-order valence-electron chi connectivity index (χ2n) is 17.9. The van der Waals surface area contributed by atoms with Gasteiger partial charge in [0.1, 0.15) is 0 Å².